The van der Waals surface area contributed by atoms with Crippen LogP contribution in [0.2, 0.25) is 0 Å². The summed E-state index contributed by atoms with van der Waals surface area (Å²) in [4.78, 5) is 39.3. The van der Waals surface area contributed by atoms with Crippen LogP contribution in [0.15, 0.2) is 47.4 Å². The lowest BCUT2D eigenvalue weighted by atomic mass is 10.1. The lowest BCUT2D eigenvalue weighted by molar-refractivity contribution is -0.385. The molecule has 26 heavy (non-hydrogen) atoms. The number of fused-ring (bicyclic) bond motifs is 1. The smallest absolute Gasteiger partial charge is 0.345 e. The molecule has 2 aromatic heterocycles. The Balaban J connectivity index is 1.90. The van der Waals surface area contributed by atoms with Crippen LogP contribution in [0.4, 0.5) is 5.69 Å². The topological polar surface area (TPSA) is 104 Å². The SMILES string of the molecule is Cc1cccc([N+](=O)[O-])c1C(=O)OCc1cc(=O)n2cccc(C)c2n1. The number of rotatable bonds is 4. The van der Waals surface area contributed by atoms with Crippen LogP contribution in [0, 0.1) is 24.0 Å². The minimum atomic E-state index is -0.832. The molecule has 8 heteroatoms. The molecule has 132 valence electrons. The van der Waals surface area contributed by atoms with Crippen LogP contribution in [0.25, 0.3) is 5.65 Å². The summed E-state index contributed by atoms with van der Waals surface area (Å²) < 4.78 is 6.57. The Kier molecular flexibility index (Phi) is 4.49. The molecule has 0 atom stereocenters. The molecule has 0 aliphatic rings. The molecule has 1 aromatic carbocycles. The van der Waals surface area contributed by atoms with E-state index >= 15 is 0 Å². The van der Waals surface area contributed by atoms with Crippen molar-refractivity contribution >= 4 is 17.3 Å². The second-order valence-corrected chi connectivity index (χ2v) is 5.77. The highest BCUT2D eigenvalue weighted by Crippen LogP contribution is 2.23. The Morgan fingerprint density at radius 3 is 2.69 bits per heavy atom. The van der Waals surface area contributed by atoms with Crippen molar-refractivity contribution < 1.29 is 14.5 Å². The number of carbonyl (C=O) groups is 1. The van der Waals surface area contributed by atoms with Crippen LogP contribution in [-0.4, -0.2) is 20.3 Å². The van der Waals surface area contributed by atoms with Gasteiger partial charge in [0, 0.05) is 18.3 Å². The predicted octanol–water partition coefficient (Wildman–Crippen LogP) is 2.58. The monoisotopic (exact) mass is 353 g/mol. The number of aromatic nitrogens is 2. The van der Waals surface area contributed by atoms with E-state index in [1.54, 1.807) is 25.3 Å². The molecule has 0 saturated carbocycles. The number of ether oxygens (including phenoxy) is 1. The first-order valence-corrected chi connectivity index (χ1v) is 7.77. The van der Waals surface area contributed by atoms with Gasteiger partial charge in [0.25, 0.3) is 11.2 Å². The van der Waals surface area contributed by atoms with Gasteiger partial charge in [-0.15, -0.1) is 0 Å². The molecule has 0 saturated heterocycles. The maximum atomic E-state index is 12.3. The van der Waals surface area contributed by atoms with Gasteiger partial charge in [-0.3, -0.25) is 19.3 Å². The van der Waals surface area contributed by atoms with E-state index in [-0.39, 0.29) is 29.1 Å². The molecule has 0 unspecified atom stereocenters. The Labute approximate surface area is 147 Å². The Bertz CT molecular complexity index is 1090. The van der Waals surface area contributed by atoms with Gasteiger partial charge in [0.15, 0.2) is 0 Å². The van der Waals surface area contributed by atoms with Crippen molar-refractivity contribution in [2.24, 2.45) is 0 Å². The molecule has 0 fully saturated rings. The molecule has 0 aliphatic carbocycles. The van der Waals surface area contributed by atoms with Crippen LogP contribution in [0.3, 0.4) is 0 Å². The molecule has 0 spiro atoms. The number of hydrogen-bond donors (Lipinski definition) is 0. The zero-order valence-corrected chi connectivity index (χ0v) is 14.1. The van der Waals surface area contributed by atoms with Gasteiger partial charge in [-0.2, -0.15) is 0 Å². The zero-order chi connectivity index (χ0) is 18.8. The number of nitro benzene ring substituents is 1. The Hall–Kier alpha value is -3.55. The van der Waals surface area contributed by atoms with E-state index in [0.29, 0.717) is 11.2 Å². The van der Waals surface area contributed by atoms with Crippen molar-refractivity contribution in [3.05, 3.63) is 85.4 Å². The van der Waals surface area contributed by atoms with Gasteiger partial charge in [-0.1, -0.05) is 18.2 Å². The summed E-state index contributed by atoms with van der Waals surface area (Å²) >= 11 is 0. The number of nitrogens with zero attached hydrogens (tertiary/aromatic N) is 3. The standard InChI is InChI=1S/C18H15N3O5/c1-11-5-3-7-14(21(24)25)16(11)18(23)26-10-13-9-15(22)20-8-4-6-12(2)17(20)19-13/h3-9H,10H2,1-2H3. The molecule has 0 N–H and O–H groups in total. The molecular weight excluding hydrogens is 338 g/mol. The van der Waals surface area contributed by atoms with Gasteiger partial charge < -0.3 is 4.74 Å². The lowest BCUT2D eigenvalue weighted by Crippen LogP contribution is -2.17. The largest absolute Gasteiger partial charge is 0.455 e. The second kappa shape index (κ2) is 6.75. The lowest BCUT2D eigenvalue weighted by Gasteiger charge is -2.09. The van der Waals surface area contributed by atoms with Gasteiger partial charge in [0.05, 0.1) is 10.6 Å². The highest BCUT2D eigenvalue weighted by atomic mass is 16.6. The van der Waals surface area contributed by atoms with E-state index in [1.807, 2.05) is 13.0 Å². The summed E-state index contributed by atoms with van der Waals surface area (Å²) in [6.07, 6.45) is 1.60. The normalized spacial score (nSPS) is 10.7. The second-order valence-electron chi connectivity index (χ2n) is 5.77. The molecule has 0 radical (unpaired) electrons. The summed E-state index contributed by atoms with van der Waals surface area (Å²) in [5.41, 5.74) is 1.25. The third-order valence-electron chi connectivity index (χ3n) is 3.94. The minimum Gasteiger partial charge on any atom is -0.455 e. The molecule has 8 nitrogen and oxygen atoms in total. The van der Waals surface area contributed by atoms with Crippen LogP contribution >= 0.6 is 0 Å². The molecule has 0 bridgehead atoms. The van der Waals surface area contributed by atoms with Crippen molar-refractivity contribution in [1.82, 2.24) is 9.38 Å². The van der Waals surface area contributed by atoms with Gasteiger partial charge in [-0.05, 0) is 31.0 Å². The average molecular weight is 353 g/mol. The summed E-state index contributed by atoms with van der Waals surface area (Å²) in [5.74, 6) is -0.832. The number of carbonyl (C=O) groups excluding carboxylic acids is 1. The van der Waals surface area contributed by atoms with Crippen LogP contribution in [0.5, 0.6) is 0 Å². The van der Waals surface area contributed by atoms with Gasteiger partial charge in [0.1, 0.15) is 17.8 Å². The predicted molar refractivity (Wildman–Crippen MR) is 93.2 cm³/mol. The van der Waals surface area contributed by atoms with Gasteiger partial charge >= 0.3 is 5.97 Å². The highest BCUT2D eigenvalue weighted by Gasteiger charge is 2.23. The molecular formula is C18H15N3O5. The van der Waals surface area contributed by atoms with Crippen molar-refractivity contribution in [3.8, 4) is 0 Å². The molecule has 2 heterocycles. The fraction of sp³-hybridized carbons (Fsp3) is 0.167. The van der Waals surface area contributed by atoms with Gasteiger partial charge in [-0.25, -0.2) is 9.78 Å². The molecule has 3 rings (SSSR count). The number of aryl methyl sites for hydroxylation is 2. The van der Waals surface area contributed by atoms with E-state index in [4.69, 9.17) is 4.74 Å². The quantitative estimate of drug-likeness (QED) is 0.406. The van der Waals surface area contributed by atoms with Gasteiger partial charge in [0.2, 0.25) is 0 Å². The first-order chi connectivity index (χ1) is 12.4. The average Bonchev–Trinajstić information content (AvgIpc) is 2.60. The van der Waals surface area contributed by atoms with Crippen LogP contribution < -0.4 is 5.56 Å². The molecule has 3 aromatic rings. The van der Waals surface area contributed by atoms with Crippen LogP contribution in [-0.2, 0) is 11.3 Å². The fourth-order valence-electron chi connectivity index (χ4n) is 2.66. The number of benzene rings is 1. The van der Waals surface area contributed by atoms with E-state index in [0.717, 1.165) is 5.56 Å². The van der Waals surface area contributed by atoms with E-state index in [2.05, 4.69) is 4.98 Å². The van der Waals surface area contributed by atoms with Crippen molar-refractivity contribution in [2.75, 3.05) is 0 Å². The van der Waals surface area contributed by atoms with Crippen LogP contribution in [0.1, 0.15) is 27.2 Å². The van der Waals surface area contributed by atoms with E-state index < -0.39 is 10.9 Å². The summed E-state index contributed by atoms with van der Waals surface area (Å²) in [7, 11) is 0. The van der Waals surface area contributed by atoms with E-state index in [9.17, 15) is 19.7 Å². The maximum Gasteiger partial charge on any atom is 0.345 e. The molecule has 0 amide bonds. The van der Waals surface area contributed by atoms with E-state index in [1.165, 1.54) is 22.6 Å². The first kappa shape index (κ1) is 17.3. The highest BCUT2D eigenvalue weighted by molar-refractivity contribution is 5.95. The summed E-state index contributed by atoms with van der Waals surface area (Å²) in [5, 5.41) is 11.1. The molecule has 0 aliphatic heterocycles. The first-order valence-electron chi connectivity index (χ1n) is 7.77. The van der Waals surface area contributed by atoms with Crippen molar-refractivity contribution in [2.45, 2.75) is 20.5 Å². The fourth-order valence-corrected chi connectivity index (χ4v) is 2.66. The summed E-state index contributed by atoms with van der Waals surface area (Å²) in [6.45, 7) is 3.15. The Morgan fingerprint density at radius 2 is 1.96 bits per heavy atom. The zero-order valence-electron chi connectivity index (χ0n) is 14.1. The third kappa shape index (κ3) is 3.16. The van der Waals surface area contributed by atoms with Crippen molar-refractivity contribution in [1.29, 1.82) is 0 Å². The number of hydrogen-bond acceptors (Lipinski definition) is 6. The third-order valence-corrected chi connectivity index (χ3v) is 3.94. The summed E-state index contributed by atoms with van der Waals surface area (Å²) in [6, 6.07) is 9.16. The number of esters is 1. The maximum absolute atomic E-state index is 12.3. The number of pyridine rings is 1. The minimum absolute atomic E-state index is 0.105. The van der Waals surface area contributed by atoms with Crippen molar-refractivity contribution in [3.63, 3.8) is 0 Å². The number of nitro groups is 1. The Morgan fingerprint density at radius 1 is 1.23 bits per heavy atom.